The number of carbonyl (C=O) groups is 2. The SMILES string of the molecule is C=C(C)C(=O)OC1CCC1OC(=O)C(=C)C. The second-order valence-electron chi connectivity index (χ2n) is 4.03. The van der Waals surface area contributed by atoms with E-state index in [2.05, 4.69) is 13.2 Å². The third-order valence-corrected chi connectivity index (χ3v) is 2.36. The van der Waals surface area contributed by atoms with Gasteiger partial charge in [0.05, 0.1) is 0 Å². The van der Waals surface area contributed by atoms with Crippen LogP contribution in [0.4, 0.5) is 0 Å². The van der Waals surface area contributed by atoms with Crippen molar-refractivity contribution in [3.63, 3.8) is 0 Å². The summed E-state index contributed by atoms with van der Waals surface area (Å²) < 4.78 is 10.2. The fraction of sp³-hybridized carbons (Fsp3) is 0.500. The van der Waals surface area contributed by atoms with Gasteiger partial charge in [0.1, 0.15) is 12.2 Å². The molecule has 88 valence electrons. The summed E-state index contributed by atoms with van der Waals surface area (Å²) in [4.78, 5) is 22.5. The Labute approximate surface area is 94.9 Å². The van der Waals surface area contributed by atoms with Crippen LogP contribution in [0.2, 0.25) is 0 Å². The zero-order valence-corrected chi connectivity index (χ0v) is 9.62. The van der Waals surface area contributed by atoms with Crippen molar-refractivity contribution in [3.05, 3.63) is 24.3 Å². The lowest BCUT2D eigenvalue weighted by Gasteiger charge is -2.35. The molecule has 0 spiro atoms. The second-order valence-corrected chi connectivity index (χ2v) is 4.03. The fourth-order valence-corrected chi connectivity index (χ4v) is 1.18. The molecule has 1 rings (SSSR count). The molecule has 0 aromatic heterocycles. The van der Waals surface area contributed by atoms with Crippen LogP contribution in [0.1, 0.15) is 26.7 Å². The first-order valence-corrected chi connectivity index (χ1v) is 5.14. The van der Waals surface area contributed by atoms with Gasteiger partial charge in [0, 0.05) is 11.1 Å². The molecule has 16 heavy (non-hydrogen) atoms. The smallest absolute Gasteiger partial charge is 0.333 e. The van der Waals surface area contributed by atoms with Gasteiger partial charge < -0.3 is 9.47 Å². The quantitative estimate of drug-likeness (QED) is 0.539. The van der Waals surface area contributed by atoms with E-state index in [0.29, 0.717) is 24.0 Å². The molecule has 1 saturated carbocycles. The average molecular weight is 224 g/mol. The molecular weight excluding hydrogens is 208 g/mol. The van der Waals surface area contributed by atoms with Crippen molar-refractivity contribution in [3.8, 4) is 0 Å². The van der Waals surface area contributed by atoms with E-state index < -0.39 is 11.9 Å². The van der Waals surface area contributed by atoms with Crippen molar-refractivity contribution in [1.29, 1.82) is 0 Å². The van der Waals surface area contributed by atoms with Gasteiger partial charge in [-0.05, 0) is 26.7 Å². The maximum absolute atomic E-state index is 11.2. The first kappa shape index (κ1) is 12.5. The number of carbonyl (C=O) groups excluding carboxylic acids is 2. The Balaban J connectivity index is 2.41. The van der Waals surface area contributed by atoms with Crippen LogP contribution in [0.3, 0.4) is 0 Å². The van der Waals surface area contributed by atoms with Crippen LogP contribution in [0.15, 0.2) is 24.3 Å². The lowest BCUT2D eigenvalue weighted by Crippen LogP contribution is -2.43. The van der Waals surface area contributed by atoms with E-state index in [1.54, 1.807) is 13.8 Å². The highest BCUT2D eigenvalue weighted by atomic mass is 16.6. The highest BCUT2D eigenvalue weighted by molar-refractivity contribution is 5.88. The summed E-state index contributed by atoms with van der Waals surface area (Å²) in [5.74, 6) is -0.887. The fourth-order valence-electron chi connectivity index (χ4n) is 1.18. The molecule has 0 aromatic carbocycles. The van der Waals surface area contributed by atoms with Crippen molar-refractivity contribution in [1.82, 2.24) is 0 Å². The van der Waals surface area contributed by atoms with Crippen molar-refractivity contribution in [2.75, 3.05) is 0 Å². The molecule has 4 nitrogen and oxygen atoms in total. The van der Waals surface area contributed by atoms with E-state index in [4.69, 9.17) is 9.47 Å². The molecule has 0 aliphatic heterocycles. The number of ether oxygens (including phenoxy) is 2. The molecule has 0 N–H and O–H groups in total. The third kappa shape index (κ3) is 2.95. The van der Waals surface area contributed by atoms with Crippen LogP contribution in [0, 0.1) is 0 Å². The molecule has 2 atom stereocenters. The molecular formula is C12H16O4. The largest absolute Gasteiger partial charge is 0.455 e. The van der Waals surface area contributed by atoms with Gasteiger partial charge in [-0.1, -0.05) is 13.2 Å². The monoisotopic (exact) mass is 224 g/mol. The molecule has 0 radical (unpaired) electrons. The van der Waals surface area contributed by atoms with Crippen LogP contribution in [0.5, 0.6) is 0 Å². The van der Waals surface area contributed by atoms with Gasteiger partial charge >= 0.3 is 11.9 Å². The maximum Gasteiger partial charge on any atom is 0.333 e. The van der Waals surface area contributed by atoms with E-state index in [-0.39, 0.29) is 12.2 Å². The third-order valence-electron chi connectivity index (χ3n) is 2.36. The Hall–Kier alpha value is -1.58. The predicted molar refractivity (Wildman–Crippen MR) is 58.6 cm³/mol. The molecule has 2 unspecified atom stereocenters. The van der Waals surface area contributed by atoms with Crippen molar-refractivity contribution in [2.45, 2.75) is 38.9 Å². The number of hydrogen-bond acceptors (Lipinski definition) is 4. The average Bonchev–Trinajstić information content (AvgIpc) is 2.19. The summed E-state index contributed by atoms with van der Waals surface area (Å²) in [7, 11) is 0. The Bertz CT molecular complexity index is 309. The summed E-state index contributed by atoms with van der Waals surface area (Å²) in [5, 5.41) is 0. The number of hydrogen-bond donors (Lipinski definition) is 0. The summed E-state index contributed by atoms with van der Waals surface area (Å²) in [6.45, 7) is 10.1. The number of rotatable bonds is 4. The minimum Gasteiger partial charge on any atom is -0.455 e. The Kier molecular flexibility index (Phi) is 3.88. The molecule has 4 heteroatoms. The van der Waals surface area contributed by atoms with Crippen molar-refractivity contribution >= 4 is 11.9 Å². The van der Waals surface area contributed by atoms with Gasteiger partial charge in [0.15, 0.2) is 0 Å². The molecule has 1 aliphatic rings. The molecule has 1 fully saturated rings. The van der Waals surface area contributed by atoms with Gasteiger partial charge in [0.25, 0.3) is 0 Å². The highest BCUT2D eigenvalue weighted by Gasteiger charge is 2.37. The van der Waals surface area contributed by atoms with Crippen LogP contribution < -0.4 is 0 Å². The first-order valence-electron chi connectivity index (χ1n) is 5.14. The van der Waals surface area contributed by atoms with Crippen LogP contribution in [0.25, 0.3) is 0 Å². The Morgan fingerprint density at radius 1 is 0.938 bits per heavy atom. The highest BCUT2D eigenvalue weighted by Crippen LogP contribution is 2.27. The predicted octanol–water partition coefficient (Wildman–Crippen LogP) is 1.76. The summed E-state index contributed by atoms with van der Waals surface area (Å²) in [6, 6.07) is 0. The van der Waals surface area contributed by atoms with Gasteiger partial charge in [-0.2, -0.15) is 0 Å². The molecule has 1 aliphatic carbocycles. The summed E-state index contributed by atoms with van der Waals surface area (Å²) >= 11 is 0. The normalized spacial score (nSPS) is 22.9. The van der Waals surface area contributed by atoms with Crippen molar-refractivity contribution < 1.29 is 19.1 Å². The molecule has 0 heterocycles. The molecule has 0 saturated heterocycles. The van der Waals surface area contributed by atoms with Crippen LogP contribution in [-0.4, -0.2) is 24.1 Å². The summed E-state index contributed by atoms with van der Waals surface area (Å²) in [5.41, 5.74) is 0.689. The van der Waals surface area contributed by atoms with Crippen LogP contribution in [-0.2, 0) is 19.1 Å². The van der Waals surface area contributed by atoms with Crippen LogP contribution >= 0.6 is 0 Å². The maximum atomic E-state index is 11.2. The second kappa shape index (κ2) is 4.96. The first-order chi connectivity index (χ1) is 7.41. The zero-order valence-electron chi connectivity index (χ0n) is 9.62. The minimum atomic E-state index is -0.443. The molecule has 0 amide bonds. The zero-order chi connectivity index (χ0) is 12.3. The van der Waals surface area contributed by atoms with Crippen molar-refractivity contribution in [2.24, 2.45) is 0 Å². The van der Waals surface area contributed by atoms with E-state index in [9.17, 15) is 9.59 Å². The lowest BCUT2D eigenvalue weighted by atomic mass is 9.91. The number of esters is 2. The minimum absolute atomic E-state index is 0.340. The Morgan fingerprint density at radius 2 is 1.25 bits per heavy atom. The van der Waals surface area contributed by atoms with Gasteiger partial charge in [-0.3, -0.25) is 0 Å². The van der Waals surface area contributed by atoms with E-state index >= 15 is 0 Å². The Morgan fingerprint density at radius 3 is 1.44 bits per heavy atom. The van der Waals surface area contributed by atoms with E-state index in [1.807, 2.05) is 0 Å². The molecule has 0 aromatic rings. The standard InChI is InChI=1S/C12H16O4/c1-7(2)11(13)15-9-5-6-10(9)16-12(14)8(3)4/h9-10H,1,3,5-6H2,2,4H3. The van der Waals surface area contributed by atoms with Gasteiger partial charge in [0.2, 0.25) is 0 Å². The van der Waals surface area contributed by atoms with Gasteiger partial charge in [-0.25, -0.2) is 9.59 Å². The van der Waals surface area contributed by atoms with Gasteiger partial charge in [-0.15, -0.1) is 0 Å². The van der Waals surface area contributed by atoms with E-state index in [0.717, 1.165) is 0 Å². The topological polar surface area (TPSA) is 52.6 Å². The summed E-state index contributed by atoms with van der Waals surface area (Å²) in [6.07, 6.45) is 0.750. The lowest BCUT2D eigenvalue weighted by molar-refractivity contribution is -0.175. The molecule has 0 bridgehead atoms. The van der Waals surface area contributed by atoms with E-state index in [1.165, 1.54) is 0 Å².